The Kier molecular flexibility index (Phi) is 5.12. The molecule has 2 heterocycles. The largest absolute Gasteiger partial charge is 0.271 e. The van der Waals surface area contributed by atoms with Crippen molar-refractivity contribution in [1.82, 2.24) is 35.4 Å². The average molecular weight is 392 g/mol. The van der Waals surface area contributed by atoms with Crippen molar-refractivity contribution in [2.45, 2.75) is 32.7 Å². The molecular formula is C20H21N7S. The average Bonchev–Trinajstić information content (AvgIpc) is 3.38. The lowest BCUT2D eigenvalue weighted by Gasteiger charge is -2.12. The van der Waals surface area contributed by atoms with E-state index in [0.717, 1.165) is 28.9 Å². The Bertz CT molecular complexity index is 1110. The van der Waals surface area contributed by atoms with E-state index in [4.69, 9.17) is 12.2 Å². The van der Waals surface area contributed by atoms with E-state index in [2.05, 4.69) is 74.9 Å². The van der Waals surface area contributed by atoms with Crippen molar-refractivity contribution < 1.29 is 0 Å². The Morgan fingerprint density at radius 3 is 2.50 bits per heavy atom. The first kappa shape index (κ1) is 18.2. The number of H-pyrrole nitrogens is 2. The molecule has 142 valence electrons. The monoisotopic (exact) mass is 391 g/mol. The minimum Gasteiger partial charge on any atom is -0.271 e. The van der Waals surface area contributed by atoms with Crippen molar-refractivity contribution in [2.75, 3.05) is 0 Å². The summed E-state index contributed by atoms with van der Waals surface area (Å²) in [7, 11) is 0. The topological polar surface area (TPSA) is 88.1 Å². The molecule has 0 bridgehead atoms. The summed E-state index contributed by atoms with van der Waals surface area (Å²) in [6.07, 6.45) is 1.02. The lowest BCUT2D eigenvalue weighted by Crippen LogP contribution is -2.09. The Morgan fingerprint density at radius 2 is 1.82 bits per heavy atom. The van der Waals surface area contributed by atoms with Crippen LogP contribution in [0.1, 0.15) is 37.6 Å². The molecule has 0 saturated carbocycles. The SMILES string of the molecule is CCC(C)c1nc(=S)[nH]n1Cc1ccc(-c2ccccc2-c2nn[nH]n2)cc1. The number of nitrogens with one attached hydrogen (secondary N) is 2. The van der Waals surface area contributed by atoms with Crippen LogP contribution in [0.2, 0.25) is 0 Å². The minimum absolute atomic E-state index is 0.356. The summed E-state index contributed by atoms with van der Waals surface area (Å²) in [5.74, 6) is 1.94. The van der Waals surface area contributed by atoms with Gasteiger partial charge < -0.3 is 0 Å². The summed E-state index contributed by atoms with van der Waals surface area (Å²) in [6, 6.07) is 16.5. The molecule has 2 aromatic carbocycles. The fourth-order valence-corrected chi connectivity index (χ4v) is 3.42. The molecule has 0 radical (unpaired) electrons. The van der Waals surface area contributed by atoms with Gasteiger partial charge in [-0.15, -0.1) is 10.2 Å². The molecule has 0 aliphatic rings. The summed E-state index contributed by atoms with van der Waals surface area (Å²) in [4.78, 5) is 4.48. The van der Waals surface area contributed by atoms with Crippen molar-refractivity contribution >= 4 is 12.2 Å². The van der Waals surface area contributed by atoms with Gasteiger partial charge in [0.1, 0.15) is 5.82 Å². The first-order chi connectivity index (χ1) is 13.7. The number of rotatable bonds is 6. The van der Waals surface area contributed by atoms with Gasteiger partial charge in [-0.05, 0) is 40.5 Å². The van der Waals surface area contributed by atoms with Crippen LogP contribution in [-0.2, 0) is 6.54 Å². The van der Waals surface area contributed by atoms with Crippen LogP contribution in [-0.4, -0.2) is 35.4 Å². The lowest BCUT2D eigenvalue weighted by atomic mass is 9.98. The molecule has 0 aliphatic carbocycles. The number of benzene rings is 2. The smallest absolute Gasteiger partial charge is 0.213 e. The molecule has 0 spiro atoms. The van der Waals surface area contributed by atoms with Crippen LogP contribution < -0.4 is 0 Å². The molecule has 4 aromatic rings. The van der Waals surface area contributed by atoms with Gasteiger partial charge in [0.25, 0.3) is 0 Å². The highest BCUT2D eigenvalue weighted by Crippen LogP contribution is 2.29. The minimum atomic E-state index is 0.356. The summed E-state index contributed by atoms with van der Waals surface area (Å²) < 4.78 is 2.57. The standard InChI is InChI=1S/C20H21N7S/c1-3-13(2)19-21-20(28)24-27(19)12-14-8-10-15(11-9-14)16-6-4-5-7-17(16)18-22-25-26-23-18/h4-11,13H,3,12H2,1-2H3,(H,24,28)(H,22,23,25,26). The predicted octanol–water partition coefficient (Wildman–Crippen LogP) is 4.35. The van der Waals surface area contributed by atoms with Gasteiger partial charge in [0, 0.05) is 11.5 Å². The number of hydrogen-bond acceptors (Lipinski definition) is 5. The Labute approximate surface area is 167 Å². The zero-order valence-electron chi connectivity index (χ0n) is 15.8. The molecule has 8 heteroatoms. The molecule has 0 saturated heterocycles. The van der Waals surface area contributed by atoms with E-state index in [9.17, 15) is 0 Å². The third-order valence-corrected chi connectivity index (χ3v) is 5.08. The van der Waals surface area contributed by atoms with Crippen LogP contribution >= 0.6 is 12.2 Å². The highest BCUT2D eigenvalue weighted by molar-refractivity contribution is 7.71. The van der Waals surface area contributed by atoms with Crippen molar-refractivity contribution in [2.24, 2.45) is 0 Å². The molecule has 0 aliphatic heterocycles. The van der Waals surface area contributed by atoms with Gasteiger partial charge in [-0.25, -0.2) is 4.98 Å². The quantitative estimate of drug-likeness (QED) is 0.477. The van der Waals surface area contributed by atoms with E-state index >= 15 is 0 Å². The molecule has 0 fully saturated rings. The maximum atomic E-state index is 5.23. The van der Waals surface area contributed by atoms with Crippen molar-refractivity contribution in [3.63, 3.8) is 0 Å². The lowest BCUT2D eigenvalue weighted by molar-refractivity contribution is 0.576. The second-order valence-electron chi connectivity index (χ2n) is 6.76. The number of aromatic amines is 2. The third-order valence-electron chi connectivity index (χ3n) is 4.90. The van der Waals surface area contributed by atoms with Crippen LogP contribution in [0.4, 0.5) is 0 Å². The van der Waals surface area contributed by atoms with E-state index in [1.807, 2.05) is 22.9 Å². The molecule has 2 N–H and O–H groups in total. The highest BCUT2D eigenvalue weighted by atomic mass is 32.1. The molecule has 2 aromatic heterocycles. The van der Waals surface area contributed by atoms with Gasteiger partial charge in [0.15, 0.2) is 0 Å². The number of nitrogens with zero attached hydrogens (tertiary/aromatic N) is 5. The highest BCUT2D eigenvalue weighted by Gasteiger charge is 2.13. The van der Waals surface area contributed by atoms with Gasteiger partial charge in [-0.2, -0.15) is 5.21 Å². The van der Waals surface area contributed by atoms with E-state index < -0.39 is 0 Å². The first-order valence-electron chi connectivity index (χ1n) is 9.24. The van der Waals surface area contributed by atoms with Crippen molar-refractivity contribution in [3.05, 3.63) is 64.7 Å². The number of aromatic nitrogens is 7. The molecular weight excluding hydrogens is 370 g/mol. The molecule has 0 amide bonds. The summed E-state index contributed by atoms with van der Waals surface area (Å²) in [5.41, 5.74) is 4.29. The van der Waals surface area contributed by atoms with Gasteiger partial charge in [-0.3, -0.25) is 9.78 Å². The van der Waals surface area contributed by atoms with Gasteiger partial charge in [-0.1, -0.05) is 62.4 Å². The van der Waals surface area contributed by atoms with Crippen LogP contribution in [0.5, 0.6) is 0 Å². The Hall–Kier alpha value is -3.13. The maximum absolute atomic E-state index is 5.23. The van der Waals surface area contributed by atoms with Crippen LogP contribution in [0.3, 0.4) is 0 Å². The number of tetrazole rings is 1. The zero-order valence-corrected chi connectivity index (χ0v) is 16.6. The van der Waals surface area contributed by atoms with E-state index in [-0.39, 0.29) is 0 Å². The zero-order chi connectivity index (χ0) is 19.5. The molecule has 1 unspecified atom stereocenters. The van der Waals surface area contributed by atoms with Crippen molar-refractivity contribution in [3.8, 4) is 22.5 Å². The third kappa shape index (κ3) is 3.63. The maximum Gasteiger partial charge on any atom is 0.213 e. The van der Waals surface area contributed by atoms with E-state index in [1.54, 1.807) is 0 Å². The van der Waals surface area contributed by atoms with Gasteiger partial charge in [0.05, 0.1) is 6.54 Å². The Morgan fingerprint density at radius 1 is 1.07 bits per heavy atom. The molecule has 4 rings (SSSR count). The van der Waals surface area contributed by atoms with Crippen molar-refractivity contribution in [1.29, 1.82) is 0 Å². The fourth-order valence-electron chi connectivity index (χ4n) is 3.22. The van der Waals surface area contributed by atoms with Gasteiger partial charge >= 0.3 is 0 Å². The van der Waals surface area contributed by atoms with E-state index in [0.29, 0.717) is 23.1 Å². The molecule has 7 nitrogen and oxygen atoms in total. The number of hydrogen-bond donors (Lipinski definition) is 2. The van der Waals surface area contributed by atoms with E-state index in [1.165, 1.54) is 5.56 Å². The summed E-state index contributed by atoms with van der Waals surface area (Å²) >= 11 is 5.23. The Balaban J connectivity index is 1.62. The summed E-state index contributed by atoms with van der Waals surface area (Å²) in [6.45, 7) is 5.03. The van der Waals surface area contributed by atoms with Crippen LogP contribution in [0, 0.1) is 4.77 Å². The predicted molar refractivity (Wildman–Crippen MR) is 110 cm³/mol. The van der Waals surface area contributed by atoms with Gasteiger partial charge in [0.2, 0.25) is 10.6 Å². The molecule has 1 atom stereocenters. The summed E-state index contributed by atoms with van der Waals surface area (Å²) in [5, 5.41) is 17.6. The van der Waals surface area contributed by atoms with Crippen LogP contribution in [0.25, 0.3) is 22.5 Å². The second kappa shape index (κ2) is 7.85. The van der Waals surface area contributed by atoms with Crippen LogP contribution in [0.15, 0.2) is 48.5 Å². The first-order valence-corrected chi connectivity index (χ1v) is 9.65. The fraction of sp³-hybridized carbons (Fsp3) is 0.250. The molecule has 28 heavy (non-hydrogen) atoms. The normalized spacial score (nSPS) is 12.2. The second-order valence-corrected chi connectivity index (χ2v) is 7.15.